The Hall–Kier alpha value is -0.610. The normalized spacial score (nSPS) is 20.7. The van der Waals surface area contributed by atoms with Gasteiger partial charge in [-0.05, 0) is 25.2 Å². The summed E-state index contributed by atoms with van der Waals surface area (Å²) in [6, 6.07) is 0.0489. The van der Waals surface area contributed by atoms with Crippen LogP contribution < -0.4 is 11.1 Å². The highest BCUT2D eigenvalue weighted by atomic mass is 16.3. The summed E-state index contributed by atoms with van der Waals surface area (Å²) in [7, 11) is 0. The van der Waals surface area contributed by atoms with E-state index in [4.69, 9.17) is 10.8 Å². The first kappa shape index (κ1) is 15.4. The predicted molar refractivity (Wildman–Crippen MR) is 73.0 cm³/mol. The van der Waals surface area contributed by atoms with E-state index < -0.39 is 0 Å². The van der Waals surface area contributed by atoms with E-state index in [1.165, 1.54) is 6.42 Å². The van der Waals surface area contributed by atoms with Gasteiger partial charge in [0.15, 0.2) is 0 Å². The number of carbonyl (C=O) groups is 1. The van der Waals surface area contributed by atoms with Gasteiger partial charge in [0.25, 0.3) is 0 Å². The van der Waals surface area contributed by atoms with E-state index >= 15 is 0 Å². The minimum Gasteiger partial charge on any atom is -0.396 e. The van der Waals surface area contributed by atoms with Crippen LogP contribution in [0.1, 0.15) is 52.4 Å². The number of nitrogens with one attached hydrogen (secondary N) is 1. The maximum absolute atomic E-state index is 12.5. The van der Waals surface area contributed by atoms with E-state index in [0.717, 1.165) is 25.7 Å². The summed E-state index contributed by atoms with van der Waals surface area (Å²) >= 11 is 0. The van der Waals surface area contributed by atoms with Crippen molar-refractivity contribution < 1.29 is 9.90 Å². The number of aliphatic hydroxyl groups is 1. The SMILES string of the molecule is CC(C)C(CCO)NC(=O)C1(CN)CCCCC1. The van der Waals surface area contributed by atoms with Crippen LogP contribution in [0.3, 0.4) is 0 Å². The Morgan fingerprint density at radius 2 is 1.94 bits per heavy atom. The van der Waals surface area contributed by atoms with Gasteiger partial charge in [0.2, 0.25) is 5.91 Å². The number of hydrogen-bond acceptors (Lipinski definition) is 3. The number of amides is 1. The van der Waals surface area contributed by atoms with Crippen molar-refractivity contribution in [2.75, 3.05) is 13.2 Å². The van der Waals surface area contributed by atoms with Gasteiger partial charge in [0, 0.05) is 19.2 Å². The summed E-state index contributed by atoms with van der Waals surface area (Å²) in [5.41, 5.74) is 5.49. The lowest BCUT2D eigenvalue weighted by Crippen LogP contribution is -2.51. The molecule has 1 fully saturated rings. The van der Waals surface area contributed by atoms with Crippen molar-refractivity contribution in [3.05, 3.63) is 0 Å². The number of aliphatic hydroxyl groups excluding tert-OH is 1. The van der Waals surface area contributed by atoms with Crippen LogP contribution in [0.4, 0.5) is 0 Å². The van der Waals surface area contributed by atoms with E-state index in [0.29, 0.717) is 18.9 Å². The highest BCUT2D eigenvalue weighted by Gasteiger charge is 2.39. The highest BCUT2D eigenvalue weighted by Crippen LogP contribution is 2.35. The molecule has 0 spiro atoms. The zero-order valence-electron chi connectivity index (χ0n) is 11.7. The van der Waals surface area contributed by atoms with Gasteiger partial charge >= 0.3 is 0 Å². The second-order valence-electron chi connectivity index (χ2n) is 5.88. The average Bonchev–Trinajstić information content (AvgIpc) is 2.38. The van der Waals surface area contributed by atoms with Crippen molar-refractivity contribution in [3.8, 4) is 0 Å². The Labute approximate surface area is 110 Å². The molecule has 1 aliphatic rings. The van der Waals surface area contributed by atoms with Crippen molar-refractivity contribution in [1.29, 1.82) is 0 Å². The van der Waals surface area contributed by atoms with Crippen molar-refractivity contribution in [3.63, 3.8) is 0 Å². The van der Waals surface area contributed by atoms with E-state index in [1.807, 2.05) is 0 Å². The molecule has 0 aromatic heterocycles. The topological polar surface area (TPSA) is 75.3 Å². The second kappa shape index (κ2) is 7.10. The van der Waals surface area contributed by atoms with Crippen LogP contribution in [0.25, 0.3) is 0 Å². The summed E-state index contributed by atoms with van der Waals surface area (Å²) in [4.78, 5) is 12.5. The molecule has 1 unspecified atom stereocenters. The van der Waals surface area contributed by atoms with E-state index in [2.05, 4.69) is 19.2 Å². The van der Waals surface area contributed by atoms with Crippen LogP contribution in [0.2, 0.25) is 0 Å². The second-order valence-corrected chi connectivity index (χ2v) is 5.88. The van der Waals surface area contributed by atoms with Gasteiger partial charge in [0.05, 0.1) is 5.41 Å². The first-order valence-electron chi connectivity index (χ1n) is 7.17. The summed E-state index contributed by atoms with van der Waals surface area (Å²) in [6.07, 6.45) is 5.82. The molecular weight excluding hydrogens is 228 g/mol. The predicted octanol–water partition coefficient (Wildman–Crippen LogP) is 1.42. The quantitative estimate of drug-likeness (QED) is 0.673. The molecule has 0 heterocycles. The molecule has 1 rings (SSSR count). The van der Waals surface area contributed by atoms with Crippen molar-refractivity contribution in [2.45, 2.75) is 58.4 Å². The molecule has 0 bridgehead atoms. The van der Waals surface area contributed by atoms with Gasteiger partial charge < -0.3 is 16.2 Å². The fourth-order valence-electron chi connectivity index (χ4n) is 2.79. The first-order valence-corrected chi connectivity index (χ1v) is 7.17. The highest BCUT2D eigenvalue weighted by molar-refractivity contribution is 5.83. The van der Waals surface area contributed by atoms with Crippen molar-refractivity contribution >= 4 is 5.91 Å². The number of hydrogen-bond donors (Lipinski definition) is 3. The fraction of sp³-hybridized carbons (Fsp3) is 0.929. The summed E-state index contributed by atoms with van der Waals surface area (Å²) in [5.74, 6) is 0.427. The fourth-order valence-corrected chi connectivity index (χ4v) is 2.79. The number of rotatable bonds is 6. The van der Waals surface area contributed by atoms with Crippen LogP contribution in [0, 0.1) is 11.3 Å². The summed E-state index contributed by atoms with van der Waals surface area (Å²) < 4.78 is 0. The van der Waals surface area contributed by atoms with Crippen molar-refractivity contribution in [1.82, 2.24) is 5.32 Å². The van der Waals surface area contributed by atoms with Crippen LogP contribution in [0.15, 0.2) is 0 Å². The van der Waals surface area contributed by atoms with Crippen LogP contribution >= 0.6 is 0 Å². The molecule has 1 amide bonds. The first-order chi connectivity index (χ1) is 8.55. The molecule has 18 heavy (non-hydrogen) atoms. The Morgan fingerprint density at radius 1 is 1.33 bits per heavy atom. The van der Waals surface area contributed by atoms with E-state index in [1.54, 1.807) is 0 Å². The third-order valence-corrected chi connectivity index (χ3v) is 4.24. The monoisotopic (exact) mass is 256 g/mol. The minimum atomic E-state index is -0.360. The number of nitrogens with two attached hydrogens (primary N) is 1. The molecule has 4 heteroatoms. The van der Waals surface area contributed by atoms with Gasteiger partial charge in [-0.2, -0.15) is 0 Å². The van der Waals surface area contributed by atoms with Gasteiger partial charge in [-0.3, -0.25) is 4.79 Å². The van der Waals surface area contributed by atoms with Crippen LogP contribution in [0.5, 0.6) is 0 Å². The van der Waals surface area contributed by atoms with Gasteiger partial charge in [0.1, 0.15) is 0 Å². The molecule has 0 aromatic rings. The Balaban J connectivity index is 2.65. The molecule has 0 aliphatic heterocycles. The van der Waals surface area contributed by atoms with Crippen LogP contribution in [-0.2, 0) is 4.79 Å². The Kier molecular flexibility index (Phi) is 6.09. The van der Waals surface area contributed by atoms with E-state index in [9.17, 15) is 4.79 Å². The number of carbonyl (C=O) groups excluding carboxylic acids is 1. The third-order valence-electron chi connectivity index (χ3n) is 4.24. The maximum atomic E-state index is 12.5. The minimum absolute atomic E-state index is 0.0489. The zero-order valence-corrected chi connectivity index (χ0v) is 11.7. The molecule has 0 aromatic carbocycles. The van der Waals surface area contributed by atoms with E-state index in [-0.39, 0.29) is 24.0 Å². The van der Waals surface area contributed by atoms with Gasteiger partial charge in [-0.25, -0.2) is 0 Å². The maximum Gasteiger partial charge on any atom is 0.227 e. The molecule has 1 aliphatic carbocycles. The lowest BCUT2D eigenvalue weighted by molar-refractivity contribution is -0.133. The molecule has 0 saturated heterocycles. The third kappa shape index (κ3) is 3.69. The smallest absolute Gasteiger partial charge is 0.227 e. The lowest BCUT2D eigenvalue weighted by atomic mass is 9.73. The Bertz CT molecular complexity index is 261. The van der Waals surface area contributed by atoms with Gasteiger partial charge in [-0.1, -0.05) is 33.1 Å². The molecule has 1 atom stereocenters. The van der Waals surface area contributed by atoms with Gasteiger partial charge in [-0.15, -0.1) is 0 Å². The van der Waals surface area contributed by atoms with Crippen molar-refractivity contribution in [2.24, 2.45) is 17.1 Å². The summed E-state index contributed by atoms with van der Waals surface area (Å²) in [6.45, 7) is 4.68. The Morgan fingerprint density at radius 3 is 2.39 bits per heavy atom. The molecule has 4 N–H and O–H groups in total. The molecule has 4 nitrogen and oxygen atoms in total. The van der Waals surface area contributed by atoms with Crippen LogP contribution in [-0.4, -0.2) is 30.2 Å². The molecule has 1 saturated carbocycles. The molecule has 0 radical (unpaired) electrons. The lowest BCUT2D eigenvalue weighted by Gasteiger charge is -2.36. The standard InChI is InChI=1S/C14H28N2O2/c1-11(2)12(6-9-17)16-13(18)14(10-15)7-4-3-5-8-14/h11-12,17H,3-10,15H2,1-2H3,(H,16,18). The molecule has 106 valence electrons. The molecular formula is C14H28N2O2. The largest absolute Gasteiger partial charge is 0.396 e. The zero-order chi connectivity index (χ0) is 13.6. The average molecular weight is 256 g/mol. The summed E-state index contributed by atoms with van der Waals surface area (Å²) in [5, 5.41) is 12.2.